The van der Waals surface area contributed by atoms with Crippen LogP contribution in [0.15, 0.2) is 42.5 Å². The Balaban J connectivity index is 0.00000462. The molecule has 7 nitrogen and oxygen atoms in total. The minimum Gasteiger partial charge on any atom is -0.382 e. The van der Waals surface area contributed by atoms with Gasteiger partial charge in [-0.25, -0.2) is 0 Å². The summed E-state index contributed by atoms with van der Waals surface area (Å²) in [5.74, 6) is 0.309. The number of nitrogens with one attached hydrogen (secondary N) is 1. The van der Waals surface area contributed by atoms with E-state index in [9.17, 15) is 41.3 Å². The Bertz CT molecular complexity index is 1200. The molecule has 13 heteroatoms. The second-order valence-corrected chi connectivity index (χ2v) is 10.3. The van der Waals surface area contributed by atoms with Gasteiger partial charge in [-0.05, 0) is 68.4 Å². The highest BCUT2D eigenvalue weighted by atomic mass is 19.4. The van der Waals surface area contributed by atoms with Crippen LogP contribution in [0.25, 0.3) is 0 Å². The Hall–Kier alpha value is -3.51. The molecule has 4 rings (SSSR count). The highest BCUT2D eigenvalue weighted by molar-refractivity contribution is 5.76. The van der Waals surface area contributed by atoms with Gasteiger partial charge in [-0.1, -0.05) is 13.5 Å². The van der Waals surface area contributed by atoms with Crippen molar-refractivity contribution < 1.29 is 36.1 Å². The Kier molecular flexibility index (Phi) is 10.1. The maximum absolute atomic E-state index is 13.2. The molecule has 2 saturated heterocycles. The third kappa shape index (κ3) is 8.26. The van der Waals surface area contributed by atoms with Gasteiger partial charge in [-0.15, -0.1) is 0 Å². The van der Waals surface area contributed by atoms with Gasteiger partial charge < -0.3 is 15.1 Å². The van der Waals surface area contributed by atoms with Gasteiger partial charge in [0.25, 0.3) is 5.69 Å². The van der Waals surface area contributed by atoms with E-state index in [1.807, 2.05) is 4.90 Å². The number of piperidine rings is 2. The molecule has 2 aliphatic heterocycles. The normalized spacial score (nSPS) is 17.2. The summed E-state index contributed by atoms with van der Waals surface area (Å²) >= 11 is 0. The monoisotopic (exact) mass is 588 g/mol. The van der Waals surface area contributed by atoms with Crippen molar-refractivity contribution in [3.8, 4) is 0 Å². The average Bonchev–Trinajstić information content (AvgIpc) is 2.91. The topological polar surface area (TPSA) is 78.7 Å². The first-order chi connectivity index (χ1) is 18.8. The molecule has 0 aromatic heterocycles. The third-order valence-corrected chi connectivity index (χ3v) is 7.64. The van der Waals surface area contributed by atoms with Gasteiger partial charge in [-0.3, -0.25) is 14.9 Å². The fraction of sp³-hybridized carbons (Fsp3) is 0.536. The number of nitrogens with zero attached hydrogens (tertiary/aromatic N) is 3. The highest BCUT2D eigenvalue weighted by Gasteiger charge is 2.38. The lowest BCUT2D eigenvalue weighted by atomic mass is 9.91. The molecular weight excluding hydrogens is 554 g/mol. The lowest BCUT2D eigenvalue weighted by Gasteiger charge is -2.35. The number of anilines is 2. The highest BCUT2D eigenvalue weighted by Crippen LogP contribution is 2.38. The van der Waals surface area contributed by atoms with Crippen LogP contribution in [0, 0.1) is 16.0 Å². The van der Waals surface area contributed by atoms with Crippen molar-refractivity contribution in [3.05, 3.63) is 63.7 Å². The summed E-state index contributed by atoms with van der Waals surface area (Å²) in [5, 5.41) is 14.0. The van der Waals surface area contributed by atoms with Crippen LogP contribution in [-0.2, 0) is 17.1 Å². The van der Waals surface area contributed by atoms with Gasteiger partial charge >= 0.3 is 12.4 Å². The van der Waals surface area contributed by atoms with E-state index in [1.54, 1.807) is 11.0 Å². The number of likely N-dealkylation sites (tertiary alicyclic amines) is 1. The van der Waals surface area contributed by atoms with Crippen LogP contribution in [-0.4, -0.2) is 48.0 Å². The van der Waals surface area contributed by atoms with E-state index < -0.39 is 34.1 Å². The molecule has 0 saturated carbocycles. The molecule has 226 valence electrons. The number of carbonyl (C=O) groups is 1. The summed E-state index contributed by atoms with van der Waals surface area (Å²) < 4.78 is 78.8. The maximum Gasteiger partial charge on any atom is 0.423 e. The molecule has 2 aromatic carbocycles. The number of benzene rings is 2. The largest absolute Gasteiger partial charge is 0.423 e. The molecule has 0 bridgehead atoms. The number of nitro groups is 1. The van der Waals surface area contributed by atoms with Crippen molar-refractivity contribution in [2.75, 3.05) is 36.4 Å². The molecule has 0 aliphatic carbocycles. The smallest absolute Gasteiger partial charge is 0.382 e. The average molecular weight is 589 g/mol. The number of halogens is 6. The molecule has 2 fully saturated rings. The number of carbonyl (C=O) groups excluding carboxylic acids is 1. The SMILES string of the molecule is C.O=C(CCC1CCN(c2cccc(C(F)(F)F)c2)CC1)N1CCC(Nc2ccc([N+](=O)[O-])c(C(F)(F)F)c2)CC1. The Morgan fingerprint density at radius 3 is 2.17 bits per heavy atom. The zero-order valence-electron chi connectivity index (χ0n) is 21.6. The number of hydrogen-bond acceptors (Lipinski definition) is 5. The van der Waals surface area contributed by atoms with Crippen LogP contribution in [0.1, 0.15) is 57.1 Å². The Labute approximate surface area is 234 Å². The fourth-order valence-corrected chi connectivity index (χ4v) is 5.37. The van der Waals surface area contributed by atoms with Gasteiger partial charge in [0.1, 0.15) is 5.56 Å². The second-order valence-electron chi connectivity index (χ2n) is 10.3. The summed E-state index contributed by atoms with van der Waals surface area (Å²) in [6, 6.07) is 7.97. The van der Waals surface area contributed by atoms with Gasteiger partial charge in [0.05, 0.1) is 10.5 Å². The van der Waals surface area contributed by atoms with Crippen LogP contribution in [0.5, 0.6) is 0 Å². The van der Waals surface area contributed by atoms with Crippen LogP contribution in [0.2, 0.25) is 0 Å². The first-order valence-electron chi connectivity index (χ1n) is 13.1. The van der Waals surface area contributed by atoms with Crippen molar-refractivity contribution in [2.24, 2.45) is 5.92 Å². The lowest BCUT2D eigenvalue weighted by molar-refractivity contribution is -0.388. The minimum absolute atomic E-state index is 0. The predicted molar refractivity (Wildman–Crippen MR) is 144 cm³/mol. The van der Waals surface area contributed by atoms with E-state index in [-0.39, 0.29) is 25.1 Å². The third-order valence-electron chi connectivity index (χ3n) is 7.64. The van der Waals surface area contributed by atoms with E-state index in [0.29, 0.717) is 63.5 Å². The Morgan fingerprint density at radius 1 is 0.927 bits per heavy atom. The van der Waals surface area contributed by atoms with Crippen LogP contribution in [0.4, 0.5) is 43.4 Å². The van der Waals surface area contributed by atoms with E-state index in [2.05, 4.69) is 5.32 Å². The molecule has 2 aromatic rings. The number of amides is 1. The van der Waals surface area contributed by atoms with Gasteiger partial charge in [0.15, 0.2) is 0 Å². The van der Waals surface area contributed by atoms with Crippen LogP contribution in [0.3, 0.4) is 0 Å². The Morgan fingerprint density at radius 2 is 1.59 bits per heavy atom. The van der Waals surface area contributed by atoms with Gasteiger partial charge in [-0.2, -0.15) is 26.3 Å². The molecule has 41 heavy (non-hydrogen) atoms. The van der Waals surface area contributed by atoms with E-state index in [4.69, 9.17) is 0 Å². The van der Waals surface area contributed by atoms with Crippen LogP contribution >= 0.6 is 0 Å². The van der Waals surface area contributed by atoms with Crippen molar-refractivity contribution in [3.63, 3.8) is 0 Å². The minimum atomic E-state index is -4.86. The molecule has 0 unspecified atom stereocenters. The van der Waals surface area contributed by atoms with Gasteiger partial charge in [0, 0.05) is 56.1 Å². The summed E-state index contributed by atoms with van der Waals surface area (Å²) in [6.07, 6.45) is -5.57. The molecule has 2 heterocycles. The zero-order valence-corrected chi connectivity index (χ0v) is 21.6. The maximum atomic E-state index is 13.2. The van der Waals surface area contributed by atoms with Crippen molar-refractivity contribution in [2.45, 2.75) is 64.3 Å². The summed E-state index contributed by atoms with van der Waals surface area (Å²) in [6.45, 7) is 2.14. The fourth-order valence-electron chi connectivity index (χ4n) is 5.37. The number of hydrogen-bond donors (Lipinski definition) is 1. The quantitative estimate of drug-likeness (QED) is 0.208. The predicted octanol–water partition coefficient (Wildman–Crippen LogP) is 7.37. The zero-order chi connectivity index (χ0) is 29.1. The molecule has 1 amide bonds. The molecular formula is C28H34F6N4O3. The van der Waals surface area contributed by atoms with Crippen LogP contribution < -0.4 is 10.2 Å². The first kappa shape index (κ1) is 32.0. The standard InChI is InChI=1S/C27H30F6N4O3.CH4/c28-26(29,30)19-2-1-3-22(16-19)35-12-8-18(9-13-35)4-7-25(38)36-14-10-20(11-15-36)34-21-5-6-24(37(39)40)23(17-21)27(31,32)33;/h1-3,5-6,16-18,20,34H,4,7-15H2;1H4. The number of rotatable bonds is 7. The first-order valence-corrected chi connectivity index (χ1v) is 13.1. The van der Waals surface area contributed by atoms with Crippen molar-refractivity contribution in [1.29, 1.82) is 0 Å². The van der Waals surface area contributed by atoms with Crippen molar-refractivity contribution >= 4 is 23.0 Å². The summed E-state index contributed by atoms with van der Waals surface area (Å²) in [4.78, 5) is 26.4. The molecule has 0 radical (unpaired) electrons. The summed E-state index contributed by atoms with van der Waals surface area (Å²) in [5.41, 5.74) is -2.30. The molecule has 2 aliphatic rings. The number of nitro benzene ring substituents is 1. The second kappa shape index (κ2) is 13.0. The molecule has 1 N–H and O–H groups in total. The summed E-state index contributed by atoms with van der Waals surface area (Å²) in [7, 11) is 0. The van der Waals surface area contributed by atoms with Crippen molar-refractivity contribution in [1.82, 2.24) is 4.90 Å². The van der Waals surface area contributed by atoms with E-state index in [0.717, 1.165) is 31.0 Å². The number of alkyl halides is 6. The lowest BCUT2D eigenvalue weighted by Crippen LogP contribution is -2.42. The van der Waals surface area contributed by atoms with E-state index >= 15 is 0 Å². The molecule has 0 spiro atoms. The van der Waals surface area contributed by atoms with E-state index in [1.165, 1.54) is 18.2 Å². The van der Waals surface area contributed by atoms with Gasteiger partial charge in [0.2, 0.25) is 5.91 Å². The molecule has 0 atom stereocenters.